The van der Waals surface area contributed by atoms with Crippen LogP contribution >= 0.6 is 11.3 Å². The summed E-state index contributed by atoms with van der Waals surface area (Å²) in [6.45, 7) is 1.67. The molecule has 2 N–H and O–H groups in total. The van der Waals surface area contributed by atoms with E-state index in [-0.39, 0.29) is 11.8 Å². The van der Waals surface area contributed by atoms with Gasteiger partial charge in [-0.05, 0) is 32.0 Å². The van der Waals surface area contributed by atoms with Gasteiger partial charge in [-0.2, -0.15) is 8.78 Å². The number of nitrogens with one attached hydrogen (secondary N) is 2. The molecule has 136 valence electrons. The lowest BCUT2D eigenvalue weighted by Gasteiger charge is -2.18. The normalized spacial score (nSPS) is 13.0. The molecular formula is C18H23F2N3OS. The van der Waals surface area contributed by atoms with Gasteiger partial charge in [-0.1, -0.05) is 18.2 Å². The van der Waals surface area contributed by atoms with E-state index >= 15 is 0 Å². The highest BCUT2D eigenvalue weighted by Crippen LogP contribution is 2.20. The number of para-hydroxylation sites is 1. The van der Waals surface area contributed by atoms with Crippen LogP contribution in [0, 0.1) is 6.92 Å². The zero-order chi connectivity index (χ0) is 18.2. The minimum Gasteiger partial charge on any atom is -0.434 e. The van der Waals surface area contributed by atoms with Gasteiger partial charge >= 0.3 is 6.61 Å². The lowest BCUT2D eigenvalue weighted by Crippen LogP contribution is -2.42. The number of thiophene rings is 1. The summed E-state index contributed by atoms with van der Waals surface area (Å²) < 4.78 is 29.5. The Bertz CT molecular complexity index is 703. The molecule has 25 heavy (non-hydrogen) atoms. The van der Waals surface area contributed by atoms with Gasteiger partial charge in [0.25, 0.3) is 0 Å². The fraction of sp³-hybridized carbons (Fsp3) is 0.389. The molecule has 1 aromatic heterocycles. The Morgan fingerprint density at radius 1 is 1.24 bits per heavy atom. The maximum absolute atomic E-state index is 12.5. The zero-order valence-corrected chi connectivity index (χ0v) is 15.4. The van der Waals surface area contributed by atoms with E-state index in [9.17, 15) is 8.78 Å². The Morgan fingerprint density at radius 2 is 2.00 bits per heavy atom. The van der Waals surface area contributed by atoms with E-state index in [4.69, 9.17) is 0 Å². The Hall–Kier alpha value is -2.15. The van der Waals surface area contributed by atoms with Crippen LogP contribution < -0.4 is 15.4 Å². The molecule has 0 spiro atoms. The van der Waals surface area contributed by atoms with E-state index < -0.39 is 6.61 Å². The molecule has 7 heteroatoms. The van der Waals surface area contributed by atoms with E-state index in [2.05, 4.69) is 46.3 Å². The number of rotatable bonds is 7. The molecule has 0 amide bonds. The molecule has 0 aliphatic rings. The highest BCUT2D eigenvalue weighted by Gasteiger charge is 2.11. The van der Waals surface area contributed by atoms with Crippen LogP contribution in [-0.4, -0.2) is 25.7 Å². The Balaban J connectivity index is 1.90. The number of hydrogen-bond donors (Lipinski definition) is 2. The molecular weight excluding hydrogens is 344 g/mol. The third-order valence-electron chi connectivity index (χ3n) is 3.55. The van der Waals surface area contributed by atoms with Gasteiger partial charge in [0.2, 0.25) is 0 Å². The summed E-state index contributed by atoms with van der Waals surface area (Å²) in [4.78, 5) is 6.79. The van der Waals surface area contributed by atoms with Crippen molar-refractivity contribution >= 4 is 17.3 Å². The zero-order valence-electron chi connectivity index (χ0n) is 14.6. The molecule has 1 atom stereocenters. The van der Waals surface area contributed by atoms with Crippen LogP contribution in [0.2, 0.25) is 0 Å². The van der Waals surface area contributed by atoms with Gasteiger partial charge in [-0.25, -0.2) is 0 Å². The van der Waals surface area contributed by atoms with Gasteiger partial charge in [-0.3, -0.25) is 4.99 Å². The fourth-order valence-corrected chi connectivity index (χ4v) is 3.43. The van der Waals surface area contributed by atoms with Crippen molar-refractivity contribution in [1.82, 2.24) is 10.6 Å². The predicted molar refractivity (Wildman–Crippen MR) is 98.6 cm³/mol. The van der Waals surface area contributed by atoms with Gasteiger partial charge in [0, 0.05) is 41.4 Å². The number of halogens is 2. The van der Waals surface area contributed by atoms with E-state index in [0.717, 1.165) is 6.42 Å². The van der Waals surface area contributed by atoms with Crippen LogP contribution in [0.5, 0.6) is 5.75 Å². The molecule has 0 aliphatic carbocycles. The molecule has 1 aromatic carbocycles. The number of benzene rings is 1. The van der Waals surface area contributed by atoms with Crippen molar-refractivity contribution in [1.29, 1.82) is 0 Å². The van der Waals surface area contributed by atoms with Crippen LogP contribution in [0.3, 0.4) is 0 Å². The topological polar surface area (TPSA) is 45.7 Å². The lowest BCUT2D eigenvalue weighted by atomic mass is 10.2. The van der Waals surface area contributed by atoms with E-state index in [1.165, 1.54) is 15.8 Å². The number of ether oxygens (including phenoxy) is 1. The first-order chi connectivity index (χ1) is 12.0. The largest absolute Gasteiger partial charge is 0.434 e. The van der Waals surface area contributed by atoms with Crippen molar-refractivity contribution in [2.75, 3.05) is 7.05 Å². The molecule has 0 bridgehead atoms. The summed E-state index contributed by atoms with van der Waals surface area (Å²) in [7, 11) is 1.68. The first-order valence-electron chi connectivity index (χ1n) is 8.03. The molecule has 4 nitrogen and oxygen atoms in total. The first kappa shape index (κ1) is 19.2. The van der Waals surface area contributed by atoms with Crippen LogP contribution in [0.4, 0.5) is 8.78 Å². The maximum atomic E-state index is 12.5. The Kier molecular flexibility index (Phi) is 7.18. The quantitative estimate of drug-likeness (QED) is 0.575. The van der Waals surface area contributed by atoms with Crippen molar-refractivity contribution in [3.63, 3.8) is 0 Å². The molecule has 0 radical (unpaired) electrons. The number of guanidine groups is 1. The fourth-order valence-electron chi connectivity index (χ4n) is 2.42. The van der Waals surface area contributed by atoms with Gasteiger partial charge in [-0.15, -0.1) is 11.3 Å². The van der Waals surface area contributed by atoms with Crippen LogP contribution in [0.15, 0.2) is 41.4 Å². The Labute approximate surface area is 150 Å². The van der Waals surface area contributed by atoms with Crippen molar-refractivity contribution in [2.45, 2.75) is 39.5 Å². The third kappa shape index (κ3) is 6.34. The summed E-state index contributed by atoms with van der Waals surface area (Å²) in [6, 6.07) is 11.2. The molecule has 2 aromatic rings. The smallest absolute Gasteiger partial charge is 0.387 e. The van der Waals surface area contributed by atoms with Crippen LogP contribution in [0.1, 0.15) is 22.2 Å². The van der Waals surface area contributed by atoms with Crippen molar-refractivity contribution in [2.24, 2.45) is 4.99 Å². The number of nitrogens with zero attached hydrogens (tertiary/aromatic N) is 1. The van der Waals surface area contributed by atoms with Crippen LogP contribution in [0.25, 0.3) is 0 Å². The van der Waals surface area contributed by atoms with Crippen LogP contribution in [-0.2, 0) is 13.0 Å². The molecule has 1 unspecified atom stereocenters. The van der Waals surface area contributed by atoms with E-state index in [0.29, 0.717) is 18.1 Å². The summed E-state index contributed by atoms with van der Waals surface area (Å²) >= 11 is 1.78. The number of hydrogen-bond acceptors (Lipinski definition) is 3. The van der Waals surface area contributed by atoms with Gasteiger partial charge in [0.15, 0.2) is 5.96 Å². The summed E-state index contributed by atoms with van der Waals surface area (Å²) in [5.74, 6) is 0.787. The summed E-state index contributed by atoms with van der Waals surface area (Å²) in [5.41, 5.74) is 0.646. The molecule has 0 aliphatic heterocycles. The minimum absolute atomic E-state index is 0.169. The highest BCUT2D eigenvalue weighted by molar-refractivity contribution is 7.11. The standard InChI is InChI=1S/C18H23F2N3OS/c1-12(10-15-9-8-13(2)25-15)23-18(21-3)22-11-14-6-4-5-7-16(14)24-17(19)20/h4-9,12,17H,10-11H2,1-3H3,(H2,21,22,23). The minimum atomic E-state index is -2.84. The van der Waals surface area contributed by atoms with Crippen molar-refractivity contribution < 1.29 is 13.5 Å². The SMILES string of the molecule is CN=C(NCc1ccccc1OC(F)F)NC(C)Cc1ccc(C)s1. The second-order valence-corrected chi connectivity index (χ2v) is 7.05. The maximum Gasteiger partial charge on any atom is 0.387 e. The van der Waals surface area contributed by atoms with Gasteiger partial charge in [0.1, 0.15) is 5.75 Å². The van der Waals surface area contributed by atoms with E-state index in [1.54, 1.807) is 36.6 Å². The van der Waals surface area contributed by atoms with E-state index in [1.807, 2.05) is 0 Å². The molecule has 0 fully saturated rings. The molecule has 0 saturated heterocycles. The Morgan fingerprint density at radius 3 is 2.64 bits per heavy atom. The molecule has 1 heterocycles. The number of alkyl halides is 2. The second-order valence-electron chi connectivity index (χ2n) is 5.67. The predicted octanol–water partition coefficient (Wildman–Crippen LogP) is 3.95. The number of aliphatic imine (C=N–C) groups is 1. The van der Waals surface area contributed by atoms with Gasteiger partial charge < -0.3 is 15.4 Å². The highest BCUT2D eigenvalue weighted by atomic mass is 32.1. The third-order valence-corrected chi connectivity index (χ3v) is 4.57. The second kappa shape index (κ2) is 9.36. The number of aryl methyl sites for hydroxylation is 1. The first-order valence-corrected chi connectivity index (χ1v) is 8.84. The van der Waals surface area contributed by atoms with Crippen molar-refractivity contribution in [3.05, 3.63) is 51.7 Å². The molecule has 0 saturated carbocycles. The van der Waals surface area contributed by atoms with Gasteiger partial charge in [0.05, 0.1) is 0 Å². The lowest BCUT2D eigenvalue weighted by molar-refractivity contribution is -0.0504. The average molecular weight is 367 g/mol. The summed E-state index contributed by atoms with van der Waals surface area (Å²) in [5, 5.41) is 6.45. The molecule has 2 rings (SSSR count). The van der Waals surface area contributed by atoms with Crippen molar-refractivity contribution in [3.8, 4) is 5.75 Å². The average Bonchev–Trinajstić information content (AvgIpc) is 2.97. The summed E-state index contributed by atoms with van der Waals surface area (Å²) in [6.07, 6.45) is 0.893. The monoisotopic (exact) mass is 367 g/mol.